The monoisotopic (exact) mass is 1110 g/mol. The third-order valence-corrected chi connectivity index (χ3v) is 14.5. The van der Waals surface area contributed by atoms with Gasteiger partial charge in [-0.05, 0) is 122 Å². The van der Waals surface area contributed by atoms with Crippen molar-refractivity contribution in [2.75, 3.05) is 13.2 Å². The molecular formula is C74H126O6. The van der Waals surface area contributed by atoms with Gasteiger partial charge in [0, 0.05) is 19.3 Å². The Labute approximate surface area is 495 Å². The van der Waals surface area contributed by atoms with Gasteiger partial charge in [-0.15, -0.1) is 0 Å². The van der Waals surface area contributed by atoms with Crippen LogP contribution in [0.1, 0.15) is 323 Å². The summed E-state index contributed by atoms with van der Waals surface area (Å²) >= 11 is 0. The zero-order valence-electron chi connectivity index (χ0n) is 52.6. The molecular weight excluding hydrogens is 985 g/mol. The van der Waals surface area contributed by atoms with Gasteiger partial charge in [0.1, 0.15) is 13.2 Å². The Morgan fingerprint density at radius 1 is 0.263 bits per heavy atom. The van der Waals surface area contributed by atoms with Crippen LogP contribution in [-0.2, 0) is 28.6 Å². The van der Waals surface area contributed by atoms with E-state index in [1.807, 2.05) is 0 Å². The van der Waals surface area contributed by atoms with Gasteiger partial charge in [0.25, 0.3) is 0 Å². The Hall–Kier alpha value is -3.93. The van der Waals surface area contributed by atoms with Crippen LogP contribution in [-0.4, -0.2) is 37.2 Å². The summed E-state index contributed by atoms with van der Waals surface area (Å²) in [5, 5.41) is 0. The highest BCUT2D eigenvalue weighted by atomic mass is 16.6. The molecule has 458 valence electrons. The number of ether oxygens (including phenoxy) is 3. The van der Waals surface area contributed by atoms with Crippen molar-refractivity contribution in [1.82, 2.24) is 0 Å². The van der Waals surface area contributed by atoms with Crippen LogP contribution in [0.15, 0.2) is 109 Å². The number of hydrogen-bond donors (Lipinski definition) is 0. The molecule has 0 aromatic heterocycles. The average Bonchev–Trinajstić information content (AvgIpc) is 3.46. The van der Waals surface area contributed by atoms with Crippen molar-refractivity contribution in [3.63, 3.8) is 0 Å². The summed E-state index contributed by atoms with van der Waals surface area (Å²) in [6.07, 6.45) is 92.5. The molecule has 80 heavy (non-hydrogen) atoms. The van der Waals surface area contributed by atoms with E-state index in [1.165, 1.54) is 167 Å². The smallest absolute Gasteiger partial charge is 0.306 e. The van der Waals surface area contributed by atoms with Gasteiger partial charge < -0.3 is 14.2 Å². The van der Waals surface area contributed by atoms with Crippen LogP contribution in [0.25, 0.3) is 0 Å². The van der Waals surface area contributed by atoms with Gasteiger partial charge in [0.05, 0.1) is 0 Å². The van der Waals surface area contributed by atoms with Gasteiger partial charge in [-0.2, -0.15) is 0 Å². The Kier molecular flexibility index (Phi) is 64.3. The predicted octanol–water partition coefficient (Wildman–Crippen LogP) is 23.4. The predicted molar refractivity (Wildman–Crippen MR) is 348 cm³/mol. The van der Waals surface area contributed by atoms with E-state index in [0.717, 1.165) is 116 Å². The zero-order chi connectivity index (χ0) is 57.8. The fraction of sp³-hybridized carbons (Fsp3) is 0.716. The third kappa shape index (κ3) is 64.9. The summed E-state index contributed by atoms with van der Waals surface area (Å²) in [6.45, 7) is 6.47. The molecule has 0 spiro atoms. The molecule has 0 aliphatic carbocycles. The van der Waals surface area contributed by atoms with E-state index < -0.39 is 6.10 Å². The average molecular weight is 1110 g/mol. The molecule has 0 aromatic carbocycles. The van der Waals surface area contributed by atoms with E-state index in [1.54, 1.807) is 0 Å². The Morgan fingerprint density at radius 2 is 0.512 bits per heavy atom. The summed E-state index contributed by atoms with van der Waals surface area (Å²) < 4.78 is 16.9. The summed E-state index contributed by atoms with van der Waals surface area (Å²) in [5.74, 6) is -0.892. The fourth-order valence-electron chi connectivity index (χ4n) is 9.42. The first-order chi connectivity index (χ1) is 39.5. The second-order valence-corrected chi connectivity index (χ2v) is 22.3. The molecule has 0 rings (SSSR count). The van der Waals surface area contributed by atoms with Gasteiger partial charge in [0.15, 0.2) is 6.10 Å². The molecule has 0 aliphatic heterocycles. The summed E-state index contributed by atoms with van der Waals surface area (Å²) in [4.78, 5) is 38.3. The number of allylic oxidation sites excluding steroid dienone is 18. The van der Waals surface area contributed by atoms with E-state index in [9.17, 15) is 14.4 Å². The quantitative estimate of drug-likeness (QED) is 0.0261. The molecule has 0 bridgehead atoms. The van der Waals surface area contributed by atoms with Gasteiger partial charge in [-0.25, -0.2) is 0 Å². The van der Waals surface area contributed by atoms with Crippen molar-refractivity contribution in [3.05, 3.63) is 109 Å². The first-order valence-electron chi connectivity index (χ1n) is 33.9. The fourth-order valence-corrected chi connectivity index (χ4v) is 9.42. The molecule has 0 amide bonds. The molecule has 0 heterocycles. The van der Waals surface area contributed by atoms with E-state index >= 15 is 0 Å². The Bertz CT molecular complexity index is 1610. The third-order valence-electron chi connectivity index (χ3n) is 14.5. The highest BCUT2D eigenvalue weighted by molar-refractivity contribution is 5.71. The van der Waals surface area contributed by atoms with E-state index in [-0.39, 0.29) is 31.1 Å². The minimum atomic E-state index is -0.787. The largest absolute Gasteiger partial charge is 0.462 e. The molecule has 0 aromatic rings. The number of unbranched alkanes of at least 4 members (excludes halogenated alkanes) is 32. The van der Waals surface area contributed by atoms with Crippen molar-refractivity contribution in [2.24, 2.45) is 0 Å². The van der Waals surface area contributed by atoms with Crippen LogP contribution < -0.4 is 0 Å². The second kappa shape index (κ2) is 67.6. The number of carbonyl (C=O) groups is 3. The number of rotatable bonds is 61. The van der Waals surface area contributed by atoms with Crippen LogP contribution in [0, 0.1) is 0 Å². The summed E-state index contributed by atoms with van der Waals surface area (Å²) in [6, 6.07) is 0. The molecule has 0 N–H and O–H groups in total. The maximum atomic E-state index is 12.9. The normalized spacial score (nSPS) is 12.8. The molecule has 0 radical (unpaired) electrons. The minimum Gasteiger partial charge on any atom is -0.462 e. The molecule has 1 unspecified atom stereocenters. The molecule has 0 saturated heterocycles. The van der Waals surface area contributed by atoms with Crippen molar-refractivity contribution in [3.8, 4) is 0 Å². The topological polar surface area (TPSA) is 78.9 Å². The number of carbonyl (C=O) groups excluding carboxylic acids is 3. The highest BCUT2D eigenvalue weighted by Crippen LogP contribution is 2.16. The minimum absolute atomic E-state index is 0.0834. The maximum absolute atomic E-state index is 12.9. The lowest BCUT2D eigenvalue weighted by Gasteiger charge is -2.18. The van der Waals surface area contributed by atoms with Crippen molar-refractivity contribution < 1.29 is 28.6 Å². The molecule has 0 aliphatic rings. The molecule has 0 saturated carbocycles. The van der Waals surface area contributed by atoms with Crippen molar-refractivity contribution >= 4 is 17.9 Å². The maximum Gasteiger partial charge on any atom is 0.306 e. The molecule has 1 atom stereocenters. The highest BCUT2D eigenvalue weighted by Gasteiger charge is 2.19. The Morgan fingerprint density at radius 3 is 0.825 bits per heavy atom. The Balaban J connectivity index is 4.24. The summed E-state index contributed by atoms with van der Waals surface area (Å²) in [5.41, 5.74) is 0. The van der Waals surface area contributed by atoms with Crippen LogP contribution >= 0.6 is 0 Å². The van der Waals surface area contributed by atoms with Gasteiger partial charge in [0.2, 0.25) is 0 Å². The standard InChI is InChI=1S/C74H126O6/c1-4-7-10-13-16-19-22-24-26-28-30-32-34-36-37-39-40-42-44-46-48-50-52-55-58-61-64-67-73(76)79-70-71(69-78-72(75)66-63-60-57-54-21-18-15-12-9-6-3)80-74(77)68-65-62-59-56-53-51-49-47-45-43-41-38-35-33-31-29-27-25-23-20-17-14-11-8-5-2/h7,10,12,15-16,19,23-26,29-32,35-38,71H,4-6,8-9,11,13-14,17-18,20-22,27-28,33-34,39-70H2,1-3H3/b10-7-,15-12-,19-16-,25-23-,26-24-,31-29-,32-30-,37-36-,38-35-. The first-order valence-corrected chi connectivity index (χ1v) is 33.9. The lowest BCUT2D eigenvalue weighted by atomic mass is 10.0. The number of hydrogen-bond acceptors (Lipinski definition) is 6. The summed E-state index contributed by atoms with van der Waals surface area (Å²) in [7, 11) is 0. The van der Waals surface area contributed by atoms with Crippen molar-refractivity contribution in [1.29, 1.82) is 0 Å². The van der Waals surface area contributed by atoms with Gasteiger partial charge >= 0.3 is 17.9 Å². The van der Waals surface area contributed by atoms with E-state index in [2.05, 4.69) is 130 Å². The molecule has 6 nitrogen and oxygen atoms in total. The van der Waals surface area contributed by atoms with Crippen LogP contribution in [0.4, 0.5) is 0 Å². The SMILES string of the molecule is CC/C=C\C/C=C\C/C=C\C/C=C\C/C=C\CCCCCCCCCCCCCC(=O)OCC(COC(=O)CCCCCCC/C=C\CCC)OC(=O)CCCCCCCCCCCC/C=C\C/C=C\C/C=C\CCCCCCC. The van der Waals surface area contributed by atoms with E-state index in [4.69, 9.17) is 14.2 Å². The second-order valence-electron chi connectivity index (χ2n) is 22.3. The first kappa shape index (κ1) is 76.1. The zero-order valence-corrected chi connectivity index (χ0v) is 52.6. The van der Waals surface area contributed by atoms with Crippen molar-refractivity contribution in [2.45, 2.75) is 329 Å². The molecule has 0 fully saturated rings. The lowest BCUT2D eigenvalue weighted by molar-refractivity contribution is -0.167. The number of esters is 3. The van der Waals surface area contributed by atoms with Gasteiger partial charge in [-0.3, -0.25) is 14.4 Å². The van der Waals surface area contributed by atoms with Crippen LogP contribution in [0.2, 0.25) is 0 Å². The van der Waals surface area contributed by atoms with Gasteiger partial charge in [-0.1, -0.05) is 291 Å². The van der Waals surface area contributed by atoms with E-state index in [0.29, 0.717) is 19.3 Å². The van der Waals surface area contributed by atoms with Crippen LogP contribution in [0.3, 0.4) is 0 Å². The lowest BCUT2D eigenvalue weighted by Crippen LogP contribution is -2.30. The van der Waals surface area contributed by atoms with Crippen LogP contribution in [0.5, 0.6) is 0 Å². The molecule has 6 heteroatoms.